The van der Waals surface area contributed by atoms with Gasteiger partial charge in [-0.05, 0) is 48.9 Å². The molecule has 2 N–H and O–H groups in total. The Morgan fingerprint density at radius 2 is 1.89 bits per heavy atom. The summed E-state index contributed by atoms with van der Waals surface area (Å²) in [5.41, 5.74) is 4.10. The molecule has 5 nitrogen and oxygen atoms in total. The van der Waals surface area contributed by atoms with Gasteiger partial charge in [-0.25, -0.2) is 13.1 Å². The van der Waals surface area contributed by atoms with Gasteiger partial charge in [0.25, 0.3) is 0 Å². The molecular formula is C22H24N2O3S. The number of aryl methyl sites for hydroxylation is 2. The van der Waals surface area contributed by atoms with Crippen LogP contribution in [0, 0.1) is 6.92 Å². The highest BCUT2D eigenvalue weighted by molar-refractivity contribution is 7.89. The second kappa shape index (κ2) is 7.18. The number of fused-ring (bicyclic) bond motifs is 3. The molecule has 0 saturated heterocycles. The van der Waals surface area contributed by atoms with Crippen LogP contribution < -0.4 is 4.72 Å². The van der Waals surface area contributed by atoms with Gasteiger partial charge in [0, 0.05) is 35.1 Å². The van der Waals surface area contributed by atoms with E-state index in [2.05, 4.69) is 9.71 Å². The molecule has 0 radical (unpaired) electrons. The maximum Gasteiger partial charge on any atom is 0.240 e. The van der Waals surface area contributed by atoms with E-state index >= 15 is 0 Å². The highest BCUT2D eigenvalue weighted by atomic mass is 32.2. The van der Waals surface area contributed by atoms with E-state index in [0.717, 1.165) is 35.0 Å². The second-order valence-corrected chi connectivity index (χ2v) is 9.32. The first kappa shape index (κ1) is 18.9. The van der Waals surface area contributed by atoms with E-state index in [4.69, 9.17) is 0 Å². The van der Waals surface area contributed by atoms with Crippen LogP contribution in [-0.4, -0.2) is 25.7 Å². The molecule has 3 aromatic rings. The summed E-state index contributed by atoms with van der Waals surface area (Å²) in [7, 11) is -3.66. The van der Waals surface area contributed by atoms with Crippen LogP contribution in [0.2, 0.25) is 0 Å². The van der Waals surface area contributed by atoms with Crippen LogP contribution in [0.4, 0.5) is 0 Å². The fraction of sp³-hybridized carbons (Fsp3) is 0.318. The van der Waals surface area contributed by atoms with Crippen molar-refractivity contribution in [3.63, 3.8) is 0 Å². The maximum atomic E-state index is 12.9. The van der Waals surface area contributed by atoms with E-state index in [0.29, 0.717) is 24.0 Å². The summed E-state index contributed by atoms with van der Waals surface area (Å²) in [5.74, 6) is 0.202. The van der Waals surface area contributed by atoms with E-state index in [1.807, 2.05) is 43.3 Å². The molecule has 28 heavy (non-hydrogen) atoms. The Bertz CT molecular complexity index is 1150. The van der Waals surface area contributed by atoms with Gasteiger partial charge in [-0.1, -0.05) is 37.3 Å². The van der Waals surface area contributed by atoms with Crippen LogP contribution in [0.1, 0.15) is 52.9 Å². The van der Waals surface area contributed by atoms with Gasteiger partial charge >= 0.3 is 0 Å². The second-order valence-electron chi connectivity index (χ2n) is 7.58. The minimum Gasteiger partial charge on any atom is -0.358 e. The Morgan fingerprint density at radius 3 is 2.64 bits per heavy atom. The van der Waals surface area contributed by atoms with Crippen molar-refractivity contribution >= 4 is 26.7 Å². The lowest BCUT2D eigenvalue weighted by molar-refractivity contribution is 0.0974. The third-order valence-electron chi connectivity index (χ3n) is 5.52. The number of Topliss-reactive ketones (excluding diaryl/α,β-unsaturated/α-hetero) is 1. The maximum absolute atomic E-state index is 12.9. The van der Waals surface area contributed by atoms with Crippen LogP contribution in [0.3, 0.4) is 0 Å². The van der Waals surface area contributed by atoms with Crippen molar-refractivity contribution in [2.75, 3.05) is 6.54 Å². The number of hydrogen-bond acceptors (Lipinski definition) is 3. The molecule has 2 aromatic carbocycles. The van der Waals surface area contributed by atoms with E-state index < -0.39 is 10.0 Å². The number of carbonyl (C=O) groups excluding carboxylic acids is 1. The summed E-state index contributed by atoms with van der Waals surface area (Å²) in [6.07, 6.45) is 2.21. The minimum absolute atomic E-state index is 0.0652. The van der Waals surface area contributed by atoms with Gasteiger partial charge in [-0.2, -0.15) is 0 Å². The van der Waals surface area contributed by atoms with Crippen molar-refractivity contribution < 1.29 is 13.2 Å². The summed E-state index contributed by atoms with van der Waals surface area (Å²) in [4.78, 5) is 15.8. The standard InChI is InChI=1S/C22H24N2O3S/c1-14-11-17-19(24-18-9-6-10-20(25)22(17)18)12-21(14)28(26,27)23-13-15(2)16-7-4-3-5-8-16/h3-5,7-8,11-12,15,23-24H,6,9-10,13H2,1-2H3/t15-/m0/s1. The lowest BCUT2D eigenvalue weighted by atomic mass is 9.94. The first-order chi connectivity index (χ1) is 13.4. The molecule has 1 aromatic heterocycles. The largest absolute Gasteiger partial charge is 0.358 e. The van der Waals surface area contributed by atoms with E-state index in [1.165, 1.54) is 0 Å². The number of benzene rings is 2. The fourth-order valence-corrected chi connectivity index (χ4v) is 5.32. The Balaban J connectivity index is 1.64. The zero-order valence-corrected chi connectivity index (χ0v) is 16.9. The van der Waals surface area contributed by atoms with Crippen LogP contribution in [-0.2, 0) is 16.4 Å². The summed E-state index contributed by atoms with van der Waals surface area (Å²) < 4.78 is 28.6. The number of ketones is 1. The molecule has 1 aliphatic carbocycles. The molecule has 0 bridgehead atoms. The number of aromatic amines is 1. The number of rotatable bonds is 5. The summed E-state index contributed by atoms with van der Waals surface area (Å²) >= 11 is 0. The summed E-state index contributed by atoms with van der Waals surface area (Å²) in [5, 5.41) is 0.828. The average molecular weight is 397 g/mol. The number of aromatic nitrogens is 1. The first-order valence-corrected chi connectivity index (χ1v) is 11.1. The molecule has 0 unspecified atom stereocenters. The lowest BCUT2D eigenvalue weighted by Crippen LogP contribution is -2.28. The molecule has 146 valence electrons. The van der Waals surface area contributed by atoms with Gasteiger partial charge in [-0.3, -0.25) is 4.79 Å². The number of H-pyrrole nitrogens is 1. The van der Waals surface area contributed by atoms with Gasteiger partial charge in [0.2, 0.25) is 10.0 Å². The van der Waals surface area contributed by atoms with E-state index in [-0.39, 0.29) is 16.6 Å². The topological polar surface area (TPSA) is 79.0 Å². The third-order valence-corrected chi connectivity index (χ3v) is 7.08. The predicted octanol–water partition coefficient (Wildman–Crippen LogP) is 4.08. The molecule has 0 saturated carbocycles. The van der Waals surface area contributed by atoms with Crippen LogP contribution in [0.25, 0.3) is 10.9 Å². The van der Waals surface area contributed by atoms with Crippen LogP contribution >= 0.6 is 0 Å². The number of hydrogen-bond donors (Lipinski definition) is 2. The van der Waals surface area contributed by atoms with E-state index in [9.17, 15) is 13.2 Å². The van der Waals surface area contributed by atoms with Crippen LogP contribution in [0.15, 0.2) is 47.4 Å². The molecule has 1 heterocycles. The quantitative estimate of drug-likeness (QED) is 0.682. The first-order valence-electron chi connectivity index (χ1n) is 9.60. The third kappa shape index (κ3) is 3.38. The zero-order valence-electron chi connectivity index (χ0n) is 16.1. The van der Waals surface area contributed by atoms with Crippen molar-refractivity contribution in [1.82, 2.24) is 9.71 Å². The summed E-state index contributed by atoms with van der Waals surface area (Å²) in [6.45, 7) is 4.10. The monoisotopic (exact) mass is 396 g/mol. The van der Waals surface area contributed by atoms with Gasteiger partial charge in [0.05, 0.1) is 4.90 Å². The molecular weight excluding hydrogens is 372 g/mol. The fourth-order valence-electron chi connectivity index (χ4n) is 3.94. The predicted molar refractivity (Wildman–Crippen MR) is 110 cm³/mol. The van der Waals surface area contributed by atoms with Gasteiger partial charge in [0.15, 0.2) is 5.78 Å². The Hall–Kier alpha value is -2.44. The molecule has 4 rings (SSSR count). The smallest absolute Gasteiger partial charge is 0.240 e. The van der Waals surface area contributed by atoms with Crippen molar-refractivity contribution in [2.24, 2.45) is 0 Å². The molecule has 0 amide bonds. The molecule has 0 spiro atoms. The average Bonchev–Trinajstić information content (AvgIpc) is 3.05. The lowest BCUT2D eigenvalue weighted by Gasteiger charge is -2.15. The molecule has 6 heteroatoms. The normalized spacial score (nSPS) is 15.6. The SMILES string of the molecule is Cc1cc2c3c([nH]c2cc1S(=O)(=O)NC[C@H](C)c1ccccc1)CCCC3=O. The highest BCUT2D eigenvalue weighted by Gasteiger charge is 2.25. The molecule has 0 fully saturated rings. The van der Waals surface area contributed by atoms with Gasteiger partial charge in [-0.15, -0.1) is 0 Å². The van der Waals surface area contributed by atoms with E-state index in [1.54, 1.807) is 13.0 Å². The van der Waals surface area contributed by atoms with Crippen molar-refractivity contribution in [3.05, 3.63) is 64.8 Å². The minimum atomic E-state index is -3.66. The Morgan fingerprint density at radius 1 is 1.14 bits per heavy atom. The number of carbonyl (C=O) groups is 1. The number of nitrogens with one attached hydrogen (secondary N) is 2. The van der Waals surface area contributed by atoms with Crippen molar-refractivity contribution in [1.29, 1.82) is 0 Å². The summed E-state index contributed by atoms with van der Waals surface area (Å²) in [6, 6.07) is 13.3. The van der Waals surface area contributed by atoms with Crippen molar-refractivity contribution in [3.8, 4) is 0 Å². The molecule has 1 aliphatic rings. The van der Waals surface area contributed by atoms with Crippen LogP contribution in [0.5, 0.6) is 0 Å². The van der Waals surface area contributed by atoms with Crippen molar-refractivity contribution in [2.45, 2.75) is 43.9 Å². The Kier molecular flexibility index (Phi) is 4.85. The van der Waals surface area contributed by atoms with Gasteiger partial charge in [0.1, 0.15) is 0 Å². The molecule has 1 atom stereocenters. The van der Waals surface area contributed by atoms with Gasteiger partial charge < -0.3 is 4.98 Å². The Labute approximate surface area is 165 Å². The molecule has 0 aliphatic heterocycles. The highest BCUT2D eigenvalue weighted by Crippen LogP contribution is 2.32. The zero-order chi connectivity index (χ0) is 19.9. The number of sulfonamides is 1.